The van der Waals surface area contributed by atoms with Crippen molar-refractivity contribution in [3.05, 3.63) is 63.8 Å². The fourth-order valence-electron chi connectivity index (χ4n) is 2.90. The smallest absolute Gasteiger partial charge is 0.294 e. The molecule has 0 aliphatic heterocycles. The SMILES string of the molecule is CCOc1ccc(-c2c(C(=O)NN=Cc3c(Cl)cccc3Cl)nnn2-c2nonc2N)cc1. The van der Waals surface area contributed by atoms with Gasteiger partial charge in [0.1, 0.15) is 11.4 Å². The van der Waals surface area contributed by atoms with Crippen LogP contribution in [0.15, 0.2) is 52.2 Å². The molecule has 3 N–H and O–H groups in total. The second-order valence-corrected chi connectivity index (χ2v) is 7.28. The molecule has 2 aromatic carbocycles. The fraction of sp³-hybridized carbons (Fsp3) is 0.100. The molecule has 33 heavy (non-hydrogen) atoms. The molecule has 2 aromatic heterocycles. The third kappa shape index (κ3) is 4.64. The van der Waals surface area contributed by atoms with Crippen LogP contribution in [0.25, 0.3) is 17.1 Å². The van der Waals surface area contributed by atoms with Crippen LogP contribution >= 0.6 is 23.2 Å². The summed E-state index contributed by atoms with van der Waals surface area (Å²) >= 11 is 12.2. The summed E-state index contributed by atoms with van der Waals surface area (Å²) in [4.78, 5) is 12.9. The number of hydrogen-bond acceptors (Lipinski definition) is 9. The number of aromatic nitrogens is 5. The number of rotatable bonds is 7. The lowest BCUT2D eigenvalue weighted by molar-refractivity contribution is 0.0950. The highest BCUT2D eigenvalue weighted by atomic mass is 35.5. The summed E-state index contributed by atoms with van der Waals surface area (Å²) in [5.41, 5.74) is 9.52. The summed E-state index contributed by atoms with van der Waals surface area (Å²) in [5, 5.41) is 20.0. The Bertz CT molecular complexity index is 1300. The standard InChI is InChI=1S/C20H16Cl2N8O3/c1-2-32-12-8-6-11(7-9-12)17-16(25-29-30(17)19-18(23)27-33-28-19)20(31)26-24-10-13-14(21)4-3-5-15(13)22/h3-10H,2H2,1H3,(H2,23,27)(H,26,31). The van der Waals surface area contributed by atoms with Crippen molar-refractivity contribution in [3.63, 3.8) is 0 Å². The summed E-state index contributed by atoms with van der Waals surface area (Å²) in [7, 11) is 0. The second kappa shape index (κ2) is 9.67. The van der Waals surface area contributed by atoms with Gasteiger partial charge in [-0.05, 0) is 53.6 Å². The molecule has 0 aliphatic rings. The summed E-state index contributed by atoms with van der Waals surface area (Å²) in [5.74, 6) is 0.0805. The van der Waals surface area contributed by atoms with Gasteiger partial charge in [0.25, 0.3) is 5.91 Å². The van der Waals surface area contributed by atoms with E-state index < -0.39 is 5.91 Å². The molecular formula is C20H16Cl2N8O3. The summed E-state index contributed by atoms with van der Waals surface area (Å²) in [6.45, 7) is 2.40. The van der Waals surface area contributed by atoms with Crippen LogP contribution in [0, 0.1) is 0 Å². The van der Waals surface area contributed by atoms with E-state index in [1.165, 1.54) is 10.9 Å². The number of hydrogen-bond donors (Lipinski definition) is 2. The van der Waals surface area contributed by atoms with Gasteiger partial charge in [0, 0.05) is 11.1 Å². The van der Waals surface area contributed by atoms with E-state index in [-0.39, 0.29) is 17.3 Å². The Balaban J connectivity index is 1.69. The number of hydrazone groups is 1. The van der Waals surface area contributed by atoms with Crippen molar-refractivity contribution in [2.45, 2.75) is 6.92 Å². The van der Waals surface area contributed by atoms with E-state index in [9.17, 15) is 4.79 Å². The lowest BCUT2D eigenvalue weighted by atomic mass is 10.1. The van der Waals surface area contributed by atoms with E-state index in [2.05, 4.69) is 35.8 Å². The minimum atomic E-state index is -0.639. The van der Waals surface area contributed by atoms with Crippen molar-refractivity contribution in [2.24, 2.45) is 5.10 Å². The zero-order chi connectivity index (χ0) is 23.4. The molecule has 2 heterocycles. The van der Waals surface area contributed by atoms with E-state index >= 15 is 0 Å². The zero-order valence-electron chi connectivity index (χ0n) is 17.1. The van der Waals surface area contributed by atoms with Crippen LogP contribution in [0.1, 0.15) is 23.0 Å². The van der Waals surface area contributed by atoms with E-state index in [0.717, 1.165) is 0 Å². The quantitative estimate of drug-likeness (QED) is 0.298. The van der Waals surface area contributed by atoms with Crippen LogP contribution in [0.3, 0.4) is 0 Å². The minimum Gasteiger partial charge on any atom is -0.494 e. The van der Waals surface area contributed by atoms with Crippen molar-refractivity contribution < 1.29 is 14.2 Å². The monoisotopic (exact) mass is 486 g/mol. The maximum Gasteiger partial charge on any atom is 0.294 e. The number of nitrogen functional groups attached to an aromatic ring is 1. The number of amides is 1. The predicted molar refractivity (Wildman–Crippen MR) is 122 cm³/mol. The Morgan fingerprint density at radius 3 is 2.58 bits per heavy atom. The van der Waals surface area contributed by atoms with Gasteiger partial charge in [0.2, 0.25) is 11.6 Å². The molecule has 0 aliphatic carbocycles. The molecule has 11 nitrogen and oxygen atoms in total. The van der Waals surface area contributed by atoms with Crippen molar-refractivity contribution in [2.75, 3.05) is 12.3 Å². The molecule has 0 saturated heterocycles. The number of nitrogens with one attached hydrogen (secondary N) is 1. The van der Waals surface area contributed by atoms with Gasteiger partial charge in [-0.3, -0.25) is 4.79 Å². The van der Waals surface area contributed by atoms with E-state index in [4.69, 9.17) is 33.7 Å². The molecule has 0 spiro atoms. The Labute approximate surface area is 197 Å². The van der Waals surface area contributed by atoms with Crippen LogP contribution in [0.5, 0.6) is 5.75 Å². The molecule has 4 aromatic rings. The van der Waals surface area contributed by atoms with Gasteiger partial charge in [-0.15, -0.1) is 5.10 Å². The van der Waals surface area contributed by atoms with Crippen LogP contribution in [0.2, 0.25) is 10.0 Å². The fourth-order valence-corrected chi connectivity index (χ4v) is 3.39. The number of nitrogens with zero attached hydrogens (tertiary/aromatic N) is 6. The third-order valence-corrected chi connectivity index (χ3v) is 5.04. The molecule has 1 amide bonds. The first-order valence-electron chi connectivity index (χ1n) is 9.54. The summed E-state index contributed by atoms with van der Waals surface area (Å²) in [6.07, 6.45) is 1.34. The largest absolute Gasteiger partial charge is 0.494 e. The van der Waals surface area contributed by atoms with Crippen molar-refractivity contribution in [1.29, 1.82) is 0 Å². The van der Waals surface area contributed by atoms with Gasteiger partial charge in [0.05, 0.1) is 22.9 Å². The summed E-state index contributed by atoms with van der Waals surface area (Å²) < 4.78 is 11.4. The van der Waals surface area contributed by atoms with E-state index in [0.29, 0.717) is 39.2 Å². The van der Waals surface area contributed by atoms with Gasteiger partial charge >= 0.3 is 0 Å². The highest BCUT2D eigenvalue weighted by molar-refractivity contribution is 6.38. The van der Waals surface area contributed by atoms with Gasteiger partial charge in [-0.1, -0.05) is 34.5 Å². The number of carbonyl (C=O) groups excluding carboxylic acids is 1. The van der Waals surface area contributed by atoms with Gasteiger partial charge in [-0.25, -0.2) is 10.1 Å². The molecule has 0 bridgehead atoms. The summed E-state index contributed by atoms with van der Waals surface area (Å²) in [6, 6.07) is 12.0. The molecule has 0 radical (unpaired) electrons. The van der Waals surface area contributed by atoms with Gasteiger partial charge in [-0.2, -0.15) is 9.78 Å². The molecule has 0 unspecified atom stereocenters. The maximum atomic E-state index is 12.9. The average molecular weight is 487 g/mol. The van der Waals surface area contributed by atoms with Crippen LogP contribution < -0.4 is 15.9 Å². The van der Waals surface area contributed by atoms with Gasteiger partial charge < -0.3 is 10.5 Å². The molecule has 0 saturated carbocycles. The lowest BCUT2D eigenvalue weighted by Crippen LogP contribution is -2.19. The van der Waals surface area contributed by atoms with Crippen molar-refractivity contribution in [1.82, 2.24) is 30.7 Å². The minimum absolute atomic E-state index is 0.0228. The topological polar surface area (TPSA) is 146 Å². The van der Waals surface area contributed by atoms with Crippen molar-refractivity contribution in [3.8, 4) is 22.8 Å². The number of benzene rings is 2. The average Bonchev–Trinajstić information content (AvgIpc) is 3.42. The van der Waals surface area contributed by atoms with Gasteiger partial charge in [0.15, 0.2) is 5.69 Å². The first-order chi connectivity index (χ1) is 16.0. The normalized spacial score (nSPS) is 11.1. The van der Waals surface area contributed by atoms with Crippen LogP contribution in [-0.2, 0) is 0 Å². The van der Waals surface area contributed by atoms with E-state index in [1.807, 2.05) is 6.92 Å². The van der Waals surface area contributed by atoms with E-state index in [1.54, 1.807) is 42.5 Å². The first-order valence-corrected chi connectivity index (χ1v) is 10.3. The molecule has 0 fully saturated rings. The lowest BCUT2D eigenvalue weighted by Gasteiger charge is -2.07. The Morgan fingerprint density at radius 2 is 1.94 bits per heavy atom. The number of nitrogens with two attached hydrogens (primary N) is 1. The maximum absolute atomic E-state index is 12.9. The Kier molecular flexibility index (Phi) is 6.52. The molecule has 0 atom stereocenters. The highest BCUT2D eigenvalue weighted by Gasteiger charge is 2.25. The van der Waals surface area contributed by atoms with Crippen LogP contribution in [-0.4, -0.2) is 44.0 Å². The third-order valence-electron chi connectivity index (χ3n) is 4.38. The Hall–Kier alpha value is -3.96. The predicted octanol–water partition coefficient (Wildman–Crippen LogP) is 3.37. The number of ether oxygens (including phenoxy) is 1. The number of carbonyl (C=O) groups is 1. The number of halogens is 2. The van der Waals surface area contributed by atoms with Crippen LogP contribution in [0.4, 0.5) is 5.82 Å². The molecular weight excluding hydrogens is 471 g/mol. The highest BCUT2D eigenvalue weighted by Crippen LogP contribution is 2.28. The first kappa shape index (κ1) is 22.2. The molecule has 13 heteroatoms. The second-order valence-electron chi connectivity index (χ2n) is 6.46. The Morgan fingerprint density at radius 1 is 1.21 bits per heavy atom. The molecule has 168 valence electrons. The molecule has 4 rings (SSSR count). The number of anilines is 1. The zero-order valence-corrected chi connectivity index (χ0v) is 18.6. The van der Waals surface area contributed by atoms with Crippen molar-refractivity contribution >= 4 is 41.1 Å².